The SMILES string of the molecule is Nc1ccc(C2CC=CC(N)C=C2C(=O)OCc2ccccc2)c(C(=O)Oc2ccccc2)c1. The summed E-state index contributed by atoms with van der Waals surface area (Å²) in [6.45, 7) is 0.136. The number of ether oxygens (including phenoxy) is 2. The maximum atomic E-state index is 13.2. The normalized spacial score (nSPS) is 17.4. The summed E-state index contributed by atoms with van der Waals surface area (Å²) in [6, 6.07) is 22.8. The molecule has 1 aliphatic rings. The molecule has 0 fully saturated rings. The Morgan fingerprint density at radius 2 is 1.62 bits per heavy atom. The number of carbonyl (C=O) groups excluding carboxylic acids is 2. The van der Waals surface area contributed by atoms with Crippen LogP contribution in [0.15, 0.2) is 103 Å². The molecular formula is C28H26N2O4. The average molecular weight is 455 g/mol. The van der Waals surface area contributed by atoms with Crippen molar-refractivity contribution < 1.29 is 19.1 Å². The fraction of sp³-hybridized carbons (Fsp3) is 0.143. The Morgan fingerprint density at radius 3 is 2.35 bits per heavy atom. The highest BCUT2D eigenvalue weighted by Gasteiger charge is 2.29. The predicted molar refractivity (Wildman–Crippen MR) is 131 cm³/mol. The van der Waals surface area contributed by atoms with Gasteiger partial charge in [-0.05, 0) is 41.8 Å². The van der Waals surface area contributed by atoms with E-state index in [1.165, 1.54) is 0 Å². The zero-order valence-electron chi connectivity index (χ0n) is 18.6. The monoisotopic (exact) mass is 454 g/mol. The number of allylic oxidation sites excluding steroid dienone is 1. The van der Waals surface area contributed by atoms with Crippen LogP contribution in [0.2, 0.25) is 0 Å². The van der Waals surface area contributed by atoms with E-state index in [0.29, 0.717) is 34.6 Å². The van der Waals surface area contributed by atoms with Gasteiger partial charge in [0.1, 0.15) is 12.4 Å². The summed E-state index contributed by atoms with van der Waals surface area (Å²) in [7, 11) is 0. The molecule has 4 N–H and O–H groups in total. The molecule has 0 radical (unpaired) electrons. The second kappa shape index (κ2) is 10.6. The van der Waals surface area contributed by atoms with E-state index in [-0.39, 0.29) is 6.61 Å². The summed E-state index contributed by atoms with van der Waals surface area (Å²) in [4.78, 5) is 26.3. The number of hydrogen-bond acceptors (Lipinski definition) is 6. The molecule has 0 heterocycles. The summed E-state index contributed by atoms with van der Waals surface area (Å²) in [6.07, 6.45) is 5.88. The number of nitrogen functional groups attached to an aromatic ring is 1. The molecule has 2 unspecified atom stereocenters. The Morgan fingerprint density at radius 1 is 0.912 bits per heavy atom. The number of benzene rings is 3. The molecule has 3 aromatic carbocycles. The van der Waals surface area contributed by atoms with E-state index >= 15 is 0 Å². The highest BCUT2D eigenvalue weighted by Crippen LogP contribution is 2.35. The lowest BCUT2D eigenvalue weighted by Gasteiger charge is -2.21. The van der Waals surface area contributed by atoms with Crippen molar-refractivity contribution in [3.63, 3.8) is 0 Å². The molecule has 0 saturated heterocycles. The first-order valence-electron chi connectivity index (χ1n) is 11.0. The van der Waals surface area contributed by atoms with Gasteiger partial charge >= 0.3 is 11.9 Å². The van der Waals surface area contributed by atoms with E-state index < -0.39 is 23.9 Å². The molecule has 172 valence electrons. The first kappa shape index (κ1) is 23.0. The van der Waals surface area contributed by atoms with Gasteiger partial charge < -0.3 is 20.9 Å². The van der Waals surface area contributed by atoms with Crippen LogP contribution >= 0.6 is 0 Å². The van der Waals surface area contributed by atoms with Crippen LogP contribution in [-0.4, -0.2) is 18.0 Å². The minimum Gasteiger partial charge on any atom is -0.457 e. The quantitative estimate of drug-likeness (QED) is 0.245. The minimum absolute atomic E-state index is 0.136. The fourth-order valence-electron chi connectivity index (χ4n) is 3.89. The third-order valence-corrected chi connectivity index (χ3v) is 5.55. The van der Waals surface area contributed by atoms with E-state index in [9.17, 15) is 9.59 Å². The smallest absolute Gasteiger partial charge is 0.343 e. The van der Waals surface area contributed by atoms with Gasteiger partial charge in [0, 0.05) is 23.2 Å². The molecule has 0 amide bonds. The van der Waals surface area contributed by atoms with Crippen molar-refractivity contribution in [1.29, 1.82) is 0 Å². The number of para-hydroxylation sites is 1. The van der Waals surface area contributed by atoms with Crippen LogP contribution in [0.25, 0.3) is 0 Å². The second-order valence-electron chi connectivity index (χ2n) is 8.03. The number of nitrogens with two attached hydrogens (primary N) is 2. The third-order valence-electron chi connectivity index (χ3n) is 5.55. The molecule has 6 heteroatoms. The zero-order valence-corrected chi connectivity index (χ0v) is 18.6. The van der Waals surface area contributed by atoms with Crippen molar-refractivity contribution in [2.75, 3.05) is 5.73 Å². The van der Waals surface area contributed by atoms with Gasteiger partial charge in [0.05, 0.1) is 5.56 Å². The van der Waals surface area contributed by atoms with Gasteiger partial charge in [-0.2, -0.15) is 0 Å². The van der Waals surface area contributed by atoms with Crippen LogP contribution in [0.5, 0.6) is 5.75 Å². The van der Waals surface area contributed by atoms with Crippen LogP contribution < -0.4 is 16.2 Å². The largest absolute Gasteiger partial charge is 0.457 e. The summed E-state index contributed by atoms with van der Waals surface area (Å²) in [5.74, 6) is -1.07. The molecule has 0 spiro atoms. The highest BCUT2D eigenvalue weighted by atomic mass is 16.5. The lowest BCUT2D eigenvalue weighted by atomic mass is 9.85. The van der Waals surface area contributed by atoms with E-state index in [1.807, 2.05) is 48.6 Å². The molecule has 0 aromatic heterocycles. The van der Waals surface area contributed by atoms with Gasteiger partial charge in [-0.3, -0.25) is 0 Å². The van der Waals surface area contributed by atoms with Crippen LogP contribution in [0.1, 0.15) is 33.8 Å². The summed E-state index contributed by atoms with van der Waals surface area (Å²) in [5, 5.41) is 0. The van der Waals surface area contributed by atoms with Crippen LogP contribution in [-0.2, 0) is 16.1 Å². The van der Waals surface area contributed by atoms with Gasteiger partial charge in [-0.15, -0.1) is 0 Å². The molecule has 0 bridgehead atoms. The Balaban J connectivity index is 1.65. The Hall–Kier alpha value is -4.16. The van der Waals surface area contributed by atoms with Gasteiger partial charge in [-0.1, -0.05) is 72.8 Å². The Labute approximate surface area is 198 Å². The molecule has 34 heavy (non-hydrogen) atoms. The maximum absolute atomic E-state index is 13.2. The number of hydrogen-bond donors (Lipinski definition) is 2. The standard InChI is InChI=1S/C28H26N2O4/c29-20-10-7-13-23(25(16-20)27(31)33-18-19-8-3-1-4-9-19)24-15-14-21(30)17-26(24)28(32)34-22-11-5-2-6-12-22/h1-12,14-17,20,23H,13,18,29-30H2. The van der Waals surface area contributed by atoms with E-state index in [1.54, 1.807) is 48.5 Å². The average Bonchev–Trinajstić information content (AvgIpc) is 3.05. The molecule has 3 aromatic rings. The van der Waals surface area contributed by atoms with E-state index in [4.69, 9.17) is 20.9 Å². The zero-order chi connectivity index (χ0) is 23.9. The van der Waals surface area contributed by atoms with Crippen molar-refractivity contribution in [1.82, 2.24) is 0 Å². The summed E-state index contributed by atoms with van der Waals surface area (Å²) >= 11 is 0. The Kier molecular flexibility index (Phi) is 7.20. The maximum Gasteiger partial charge on any atom is 0.343 e. The molecule has 4 rings (SSSR count). The lowest BCUT2D eigenvalue weighted by Crippen LogP contribution is -2.21. The van der Waals surface area contributed by atoms with E-state index in [0.717, 1.165) is 5.56 Å². The van der Waals surface area contributed by atoms with Gasteiger partial charge in [0.25, 0.3) is 0 Å². The second-order valence-corrected chi connectivity index (χ2v) is 8.03. The summed E-state index contributed by atoms with van der Waals surface area (Å²) in [5.41, 5.74) is 14.8. The molecule has 0 aliphatic heterocycles. The summed E-state index contributed by atoms with van der Waals surface area (Å²) < 4.78 is 11.2. The number of rotatable bonds is 6. The molecule has 1 aliphatic carbocycles. The molecular weight excluding hydrogens is 428 g/mol. The number of anilines is 1. The van der Waals surface area contributed by atoms with Crippen LogP contribution in [0.3, 0.4) is 0 Å². The van der Waals surface area contributed by atoms with Crippen molar-refractivity contribution >= 4 is 17.6 Å². The van der Waals surface area contributed by atoms with E-state index in [2.05, 4.69) is 0 Å². The Bertz CT molecular complexity index is 1220. The first-order valence-corrected chi connectivity index (χ1v) is 11.0. The van der Waals surface area contributed by atoms with Gasteiger partial charge in [-0.25, -0.2) is 9.59 Å². The topological polar surface area (TPSA) is 105 Å². The van der Waals surface area contributed by atoms with Crippen LogP contribution in [0, 0.1) is 0 Å². The first-order chi connectivity index (χ1) is 16.5. The van der Waals surface area contributed by atoms with Crippen molar-refractivity contribution in [3.8, 4) is 5.75 Å². The third kappa shape index (κ3) is 5.60. The molecule has 6 nitrogen and oxygen atoms in total. The van der Waals surface area contributed by atoms with Gasteiger partial charge in [0.2, 0.25) is 0 Å². The van der Waals surface area contributed by atoms with Crippen molar-refractivity contribution in [3.05, 3.63) is 119 Å². The molecule has 2 atom stereocenters. The highest BCUT2D eigenvalue weighted by molar-refractivity contribution is 5.96. The fourth-order valence-corrected chi connectivity index (χ4v) is 3.89. The lowest BCUT2D eigenvalue weighted by molar-refractivity contribution is -0.140. The minimum atomic E-state index is -0.553. The number of carbonyl (C=O) groups is 2. The van der Waals surface area contributed by atoms with Gasteiger partial charge in [0.15, 0.2) is 0 Å². The van der Waals surface area contributed by atoms with Crippen molar-refractivity contribution in [2.24, 2.45) is 5.73 Å². The molecule has 0 saturated carbocycles. The van der Waals surface area contributed by atoms with Crippen LogP contribution in [0.4, 0.5) is 5.69 Å². The number of esters is 2. The van der Waals surface area contributed by atoms with Crippen molar-refractivity contribution in [2.45, 2.75) is 25.0 Å². The predicted octanol–water partition coefficient (Wildman–Crippen LogP) is 4.53.